The Morgan fingerprint density at radius 2 is 2.39 bits per heavy atom. The lowest BCUT2D eigenvalue weighted by Gasteiger charge is -2.22. The van der Waals surface area contributed by atoms with Gasteiger partial charge in [0, 0.05) is 18.7 Å². The van der Waals surface area contributed by atoms with Crippen molar-refractivity contribution in [3.8, 4) is 6.07 Å². The lowest BCUT2D eigenvalue weighted by atomic mass is 10.1. The monoisotopic (exact) mass is 247 g/mol. The molecule has 1 aromatic carbocycles. The van der Waals surface area contributed by atoms with Crippen LogP contribution in [0.25, 0.3) is 0 Å². The molecule has 1 unspecified atom stereocenters. The molecule has 1 aliphatic rings. The van der Waals surface area contributed by atoms with Crippen LogP contribution in [0, 0.1) is 17.1 Å². The number of nitrogens with zero attached hydrogens (tertiary/aromatic N) is 1. The van der Waals surface area contributed by atoms with Gasteiger partial charge in [0.25, 0.3) is 0 Å². The van der Waals surface area contributed by atoms with Crippen molar-refractivity contribution in [3.63, 3.8) is 0 Å². The average molecular weight is 247 g/mol. The first-order valence-electron chi connectivity index (χ1n) is 5.90. The zero-order valence-electron chi connectivity index (χ0n) is 9.87. The van der Waals surface area contributed by atoms with Gasteiger partial charge in [0.1, 0.15) is 5.82 Å². The molecule has 1 fully saturated rings. The van der Waals surface area contributed by atoms with Crippen LogP contribution in [0.2, 0.25) is 0 Å². The van der Waals surface area contributed by atoms with E-state index in [4.69, 9.17) is 5.26 Å². The largest absolute Gasteiger partial charge is 0.355 e. The molecule has 1 aliphatic heterocycles. The summed E-state index contributed by atoms with van der Waals surface area (Å²) in [5.41, 5.74) is 0.763. The number of piperidine rings is 1. The van der Waals surface area contributed by atoms with Crippen molar-refractivity contribution in [1.82, 2.24) is 10.6 Å². The van der Waals surface area contributed by atoms with Crippen molar-refractivity contribution < 1.29 is 9.18 Å². The number of halogens is 1. The van der Waals surface area contributed by atoms with Gasteiger partial charge in [0.15, 0.2) is 0 Å². The summed E-state index contributed by atoms with van der Waals surface area (Å²) >= 11 is 0. The first-order valence-corrected chi connectivity index (χ1v) is 5.90. The summed E-state index contributed by atoms with van der Waals surface area (Å²) in [6, 6.07) is 5.98. The van der Waals surface area contributed by atoms with E-state index < -0.39 is 5.82 Å². The van der Waals surface area contributed by atoms with Crippen LogP contribution in [0.5, 0.6) is 0 Å². The van der Waals surface area contributed by atoms with Gasteiger partial charge in [-0.25, -0.2) is 4.39 Å². The highest BCUT2D eigenvalue weighted by Gasteiger charge is 2.21. The highest BCUT2D eigenvalue weighted by molar-refractivity contribution is 5.82. The molecule has 4 nitrogen and oxygen atoms in total. The number of hydrogen-bond donors (Lipinski definition) is 2. The van der Waals surface area contributed by atoms with E-state index in [2.05, 4.69) is 10.6 Å². The lowest BCUT2D eigenvalue weighted by Crippen LogP contribution is -2.47. The van der Waals surface area contributed by atoms with Crippen LogP contribution < -0.4 is 10.6 Å². The summed E-state index contributed by atoms with van der Waals surface area (Å²) in [7, 11) is 0. The predicted molar refractivity (Wildman–Crippen MR) is 64.0 cm³/mol. The third kappa shape index (κ3) is 2.84. The number of carbonyl (C=O) groups excluding carboxylic acids is 1. The molecular weight excluding hydrogens is 233 g/mol. The van der Waals surface area contributed by atoms with E-state index in [0.29, 0.717) is 17.7 Å². The van der Waals surface area contributed by atoms with Gasteiger partial charge in [-0.1, -0.05) is 6.07 Å². The summed E-state index contributed by atoms with van der Waals surface area (Å²) in [4.78, 5) is 11.5. The fraction of sp³-hybridized carbons (Fsp3) is 0.385. The molecule has 5 heteroatoms. The molecule has 0 aromatic heterocycles. The first-order chi connectivity index (χ1) is 8.70. The second-order valence-corrected chi connectivity index (χ2v) is 4.28. The topological polar surface area (TPSA) is 64.9 Å². The molecule has 0 aliphatic carbocycles. The third-order valence-electron chi connectivity index (χ3n) is 3.01. The standard InChI is InChI=1S/C13H14FN3O/c14-11-6-9(7-15)3-4-10(11)8-17-12-2-1-5-16-13(12)18/h3-4,6,12,17H,1-2,5,8H2,(H,16,18). The molecule has 18 heavy (non-hydrogen) atoms. The minimum atomic E-state index is -0.419. The van der Waals surface area contributed by atoms with Crippen molar-refractivity contribution in [1.29, 1.82) is 5.26 Å². The normalized spacial score (nSPS) is 19.1. The Kier molecular flexibility index (Phi) is 3.90. The number of benzene rings is 1. The van der Waals surface area contributed by atoms with E-state index in [1.165, 1.54) is 6.07 Å². The van der Waals surface area contributed by atoms with Gasteiger partial charge in [0.05, 0.1) is 17.7 Å². The highest BCUT2D eigenvalue weighted by atomic mass is 19.1. The SMILES string of the molecule is N#Cc1ccc(CNC2CCCNC2=O)c(F)c1. The minimum absolute atomic E-state index is 0.0321. The van der Waals surface area contributed by atoms with Gasteiger partial charge in [-0.3, -0.25) is 4.79 Å². The Hall–Kier alpha value is -1.93. The number of nitriles is 1. The summed E-state index contributed by atoms with van der Waals surface area (Å²) in [6.45, 7) is 0.998. The van der Waals surface area contributed by atoms with E-state index >= 15 is 0 Å². The Labute approximate surface area is 105 Å². The summed E-state index contributed by atoms with van der Waals surface area (Å²) in [5, 5.41) is 14.4. The fourth-order valence-corrected chi connectivity index (χ4v) is 1.96. The van der Waals surface area contributed by atoms with E-state index in [0.717, 1.165) is 12.8 Å². The van der Waals surface area contributed by atoms with E-state index in [1.807, 2.05) is 6.07 Å². The molecule has 0 bridgehead atoms. The van der Waals surface area contributed by atoms with Gasteiger partial charge >= 0.3 is 0 Å². The number of rotatable bonds is 3. The molecule has 1 amide bonds. The van der Waals surface area contributed by atoms with E-state index in [9.17, 15) is 9.18 Å². The van der Waals surface area contributed by atoms with Crippen molar-refractivity contribution in [3.05, 3.63) is 35.1 Å². The quantitative estimate of drug-likeness (QED) is 0.839. The summed E-state index contributed by atoms with van der Waals surface area (Å²) < 4.78 is 13.6. The molecule has 2 N–H and O–H groups in total. The fourth-order valence-electron chi connectivity index (χ4n) is 1.96. The van der Waals surface area contributed by atoms with Crippen molar-refractivity contribution >= 4 is 5.91 Å². The zero-order valence-corrected chi connectivity index (χ0v) is 9.87. The maximum absolute atomic E-state index is 13.6. The molecule has 1 saturated heterocycles. The van der Waals surface area contributed by atoms with Crippen LogP contribution >= 0.6 is 0 Å². The first kappa shape index (κ1) is 12.5. The molecule has 94 valence electrons. The van der Waals surface area contributed by atoms with Gasteiger partial charge in [-0.05, 0) is 25.0 Å². The number of nitrogens with one attached hydrogen (secondary N) is 2. The van der Waals surface area contributed by atoms with Crippen LogP contribution in [0.15, 0.2) is 18.2 Å². The number of amides is 1. The van der Waals surface area contributed by atoms with Crippen molar-refractivity contribution in [2.24, 2.45) is 0 Å². The van der Waals surface area contributed by atoms with Crippen molar-refractivity contribution in [2.75, 3.05) is 6.54 Å². The van der Waals surface area contributed by atoms with E-state index in [1.54, 1.807) is 12.1 Å². The van der Waals surface area contributed by atoms with Gasteiger partial charge in [-0.15, -0.1) is 0 Å². The zero-order chi connectivity index (χ0) is 13.0. The average Bonchev–Trinajstić information content (AvgIpc) is 2.39. The molecule has 0 radical (unpaired) electrons. The van der Waals surface area contributed by atoms with Crippen LogP contribution in [0.3, 0.4) is 0 Å². The van der Waals surface area contributed by atoms with Gasteiger partial charge in [-0.2, -0.15) is 5.26 Å². The molecule has 0 saturated carbocycles. The third-order valence-corrected chi connectivity index (χ3v) is 3.01. The Balaban J connectivity index is 1.98. The molecule has 0 spiro atoms. The maximum atomic E-state index is 13.6. The van der Waals surface area contributed by atoms with Crippen LogP contribution in [0.4, 0.5) is 4.39 Å². The number of carbonyl (C=O) groups is 1. The smallest absolute Gasteiger partial charge is 0.237 e. The molecule has 1 heterocycles. The number of hydrogen-bond acceptors (Lipinski definition) is 3. The van der Waals surface area contributed by atoms with Crippen LogP contribution in [0.1, 0.15) is 24.0 Å². The second kappa shape index (κ2) is 5.61. The second-order valence-electron chi connectivity index (χ2n) is 4.28. The molecule has 1 atom stereocenters. The van der Waals surface area contributed by atoms with Crippen LogP contribution in [-0.2, 0) is 11.3 Å². The summed E-state index contributed by atoms with van der Waals surface area (Å²) in [6.07, 6.45) is 1.70. The van der Waals surface area contributed by atoms with E-state index in [-0.39, 0.29) is 18.5 Å². The van der Waals surface area contributed by atoms with Crippen molar-refractivity contribution in [2.45, 2.75) is 25.4 Å². The summed E-state index contributed by atoms with van der Waals surface area (Å²) in [5.74, 6) is -0.451. The molecule has 1 aromatic rings. The minimum Gasteiger partial charge on any atom is -0.355 e. The van der Waals surface area contributed by atoms with Gasteiger partial charge < -0.3 is 10.6 Å². The molecule has 2 rings (SSSR count). The Morgan fingerprint density at radius 1 is 1.56 bits per heavy atom. The predicted octanol–water partition coefficient (Wildman–Crippen LogP) is 1.07. The molecular formula is C13H14FN3O. The Morgan fingerprint density at radius 3 is 3.06 bits per heavy atom. The highest BCUT2D eigenvalue weighted by Crippen LogP contribution is 2.11. The van der Waals surface area contributed by atoms with Gasteiger partial charge in [0.2, 0.25) is 5.91 Å². The lowest BCUT2D eigenvalue weighted by molar-refractivity contribution is -0.124. The Bertz CT molecular complexity index is 495. The van der Waals surface area contributed by atoms with Crippen LogP contribution in [-0.4, -0.2) is 18.5 Å². The maximum Gasteiger partial charge on any atom is 0.237 e.